The number of nitrogens with one attached hydrogen (secondary N) is 1. The minimum Gasteiger partial charge on any atom is -0.392 e. The molecule has 0 unspecified atom stereocenters. The number of amides is 1. The molecular formula is C15H15N3OS. The summed E-state index contributed by atoms with van der Waals surface area (Å²) >= 11 is 5.05. The highest BCUT2D eigenvalue weighted by Crippen LogP contribution is 2.42. The number of hydrogen-bond donors (Lipinski definition) is 2. The van der Waals surface area contributed by atoms with Gasteiger partial charge >= 0.3 is 0 Å². The van der Waals surface area contributed by atoms with Crippen molar-refractivity contribution in [3.05, 3.63) is 36.5 Å². The lowest BCUT2D eigenvalue weighted by Gasteiger charge is -2.39. The van der Waals surface area contributed by atoms with E-state index in [0.717, 1.165) is 30.2 Å². The lowest BCUT2D eigenvalue weighted by Crippen LogP contribution is -2.50. The van der Waals surface area contributed by atoms with E-state index in [9.17, 15) is 4.79 Å². The first kappa shape index (κ1) is 13.0. The number of carbonyl (C=O) groups is 1. The van der Waals surface area contributed by atoms with Crippen LogP contribution >= 0.6 is 12.2 Å². The Bertz CT molecular complexity index is 694. The van der Waals surface area contributed by atoms with E-state index in [0.29, 0.717) is 5.69 Å². The van der Waals surface area contributed by atoms with E-state index in [1.54, 1.807) is 6.20 Å². The molecule has 5 heteroatoms. The summed E-state index contributed by atoms with van der Waals surface area (Å²) in [6.45, 7) is 0. The molecule has 0 spiro atoms. The molecule has 1 saturated carbocycles. The number of aromatic nitrogens is 1. The van der Waals surface area contributed by atoms with E-state index in [2.05, 4.69) is 10.3 Å². The molecule has 0 saturated heterocycles. The number of fused-ring (bicyclic) bond motifs is 1. The molecule has 20 heavy (non-hydrogen) atoms. The summed E-state index contributed by atoms with van der Waals surface area (Å²) in [5.41, 5.74) is 6.65. The van der Waals surface area contributed by atoms with Gasteiger partial charge in [0.2, 0.25) is 5.91 Å². The second-order valence-corrected chi connectivity index (χ2v) is 5.61. The zero-order valence-electron chi connectivity index (χ0n) is 10.9. The highest BCUT2D eigenvalue weighted by atomic mass is 32.1. The second-order valence-electron chi connectivity index (χ2n) is 5.17. The monoisotopic (exact) mass is 285 g/mol. The van der Waals surface area contributed by atoms with E-state index in [4.69, 9.17) is 18.0 Å². The largest absolute Gasteiger partial charge is 0.392 e. The Kier molecular flexibility index (Phi) is 3.14. The standard InChI is InChI=1S/C15H15N3OS/c16-13(20)15(6-3-7-15)14(19)18-11-8-10-4-1-2-5-12(10)17-9-11/h1-2,4-5,8-9H,3,6-7H2,(H2,16,20)(H,18,19). The van der Waals surface area contributed by atoms with Gasteiger partial charge in [0, 0.05) is 5.39 Å². The molecule has 1 aromatic carbocycles. The fourth-order valence-electron chi connectivity index (χ4n) is 2.51. The summed E-state index contributed by atoms with van der Waals surface area (Å²) in [4.78, 5) is 17.0. The van der Waals surface area contributed by atoms with Crippen molar-refractivity contribution >= 4 is 39.7 Å². The minimum atomic E-state index is -0.666. The average Bonchev–Trinajstić information content (AvgIpc) is 2.36. The maximum atomic E-state index is 12.4. The Morgan fingerprint density at radius 2 is 2.10 bits per heavy atom. The molecule has 1 heterocycles. The van der Waals surface area contributed by atoms with Crippen LogP contribution in [0.5, 0.6) is 0 Å². The van der Waals surface area contributed by atoms with Crippen LogP contribution in [0.4, 0.5) is 5.69 Å². The fraction of sp³-hybridized carbons (Fsp3) is 0.267. The van der Waals surface area contributed by atoms with Gasteiger partial charge in [0.05, 0.1) is 27.8 Å². The molecule has 0 aliphatic heterocycles. The van der Waals surface area contributed by atoms with Crippen LogP contribution in [0.15, 0.2) is 36.5 Å². The van der Waals surface area contributed by atoms with Crippen molar-refractivity contribution in [2.24, 2.45) is 11.1 Å². The van der Waals surface area contributed by atoms with E-state index in [-0.39, 0.29) is 10.9 Å². The van der Waals surface area contributed by atoms with Gasteiger partial charge in [-0.15, -0.1) is 0 Å². The molecule has 1 fully saturated rings. The Morgan fingerprint density at radius 1 is 1.35 bits per heavy atom. The van der Waals surface area contributed by atoms with Gasteiger partial charge in [-0.25, -0.2) is 0 Å². The summed E-state index contributed by atoms with van der Waals surface area (Å²) in [6.07, 6.45) is 4.11. The quantitative estimate of drug-likeness (QED) is 0.851. The average molecular weight is 285 g/mol. The third-order valence-corrected chi connectivity index (χ3v) is 4.35. The minimum absolute atomic E-state index is 0.117. The Hall–Kier alpha value is -2.01. The lowest BCUT2D eigenvalue weighted by molar-refractivity contribution is -0.125. The normalized spacial score (nSPS) is 16.4. The maximum Gasteiger partial charge on any atom is 0.237 e. The zero-order valence-corrected chi connectivity index (χ0v) is 11.7. The van der Waals surface area contributed by atoms with Gasteiger partial charge in [0.1, 0.15) is 0 Å². The number of benzene rings is 1. The van der Waals surface area contributed by atoms with Gasteiger partial charge in [0.15, 0.2) is 0 Å². The summed E-state index contributed by atoms with van der Waals surface area (Å²) in [6, 6.07) is 9.68. The van der Waals surface area contributed by atoms with Crippen molar-refractivity contribution in [3.8, 4) is 0 Å². The summed E-state index contributed by atoms with van der Waals surface area (Å²) in [7, 11) is 0. The van der Waals surface area contributed by atoms with Gasteiger partial charge in [-0.3, -0.25) is 9.78 Å². The maximum absolute atomic E-state index is 12.4. The molecule has 3 N–H and O–H groups in total. The van der Waals surface area contributed by atoms with Crippen LogP contribution in [0.2, 0.25) is 0 Å². The molecule has 0 radical (unpaired) electrons. The van der Waals surface area contributed by atoms with Crippen LogP contribution in [0.1, 0.15) is 19.3 Å². The van der Waals surface area contributed by atoms with E-state index in [1.165, 1.54) is 0 Å². The lowest BCUT2D eigenvalue weighted by atomic mass is 9.68. The first-order valence-corrected chi connectivity index (χ1v) is 6.99. The van der Waals surface area contributed by atoms with Crippen LogP contribution in [0.3, 0.4) is 0 Å². The molecule has 1 amide bonds. The van der Waals surface area contributed by atoms with Crippen molar-refractivity contribution in [2.75, 3.05) is 5.32 Å². The molecule has 3 rings (SSSR count). The predicted molar refractivity (Wildman–Crippen MR) is 83.4 cm³/mol. The molecule has 1 aromatic heterocycles. The molecule has 4 nitrogen and oxygen atoms in total. The van der Waals surface area contributed by atoms with Crippen LogP contribution in [-0.2, 0) is 4.79 Å². The first-order valence-electron chi connectivity index (χ1n) is 6.58. The summed E-state index contributed by atoms with van der Waals surface area (Å²) in [5, 5.41) is 3.88. The number of hydrogen-bond acceptors (Lipinski definition) is 3. The van der Waals surface area contributed by atoms with Crippen molar-refractivity contribution < 1.29 is 4.79 Å². The van der Waals surface area contributed by atoms with Crippen LogP contribution in [0.25, 0.3) is 10.9 Å². The molecule has 102 valence electrons. The molecular weight excluding hydrogens is 270 g/mol. The van der Waals surface area contributed by atoms with E-state index in [1.807, 2.05) is 30.3 Å². The predicted octanol–water partition coefficient (Wildman–Crippen LogP) is 2.63. The SMILES string of the molecule is NC(=S)C1(C(=O)Nc2cnc3ccccc3c2)CCC1. The summed E-state index contributed by atoms with van der Waals surface area (Å²) < 4.78 is 0. The van der Waals surface area contributed by atoms with Gasteiger partial charge in [-0.1, -0.05) is 36.8 Å². The van der Waals surface area contributed by atoms with Gasteiger partial charge in [-0.05, 0) is 25.0 Å². The zero-order chi connectivity index (χ0) is 14.2. The topological polar surface area (TPSA) is 68.0 Å². The molecule has 1 aliphatic carbocycles. The van der Waals surface area contributed by atoms with Crippen LogP contribution in [-0.4, -0.2) is 15.9 Å². The first-order chi connectivity index (χ1) is 9.62. The number of rotatable bonds is 3. The van der Waals surface area contributed by atoms with Gasteiger partial charge in [-0.2, -0.15) is 0 Å². The number of nitrogens with zero attached hydrogens (tertiary/aromatic N) is 1. The van der Waals surface area contributed by atoms with Crippen molar-refractivity contribution in [1.82, 2.24) is 4.98 Å². The van der Waals surface area contributed by atoms with Crippen molar-refractivity contribution in [3.63, 3.8) is 0 Å². The highest BCUT2D eigenvalue weighted by molar-refractivity contribution is 7.80. The van der Waals surface area contributed by atoms with E-state index >= 15 is 0 Å². The molecule has 0 atom stereocenters. The molecule has 2 aromatic rings. The fourth-order valence-corrected chi connectivity index (χ4v) is 2.80. The van der Waals surface area contributed by atoms with Gasteiger partial charge in [0.25, 0.3) is 0 Å². The Balaban J connectivity index is 1.86. The number of carbonyl (C=O) groups excluding carboxylic acids is 1. The number of pyridine rings is 1. The van der Waals surface area contributed by atoms with Crippen molar-refractivity contribution in [2.45, 2.75) is 19.3 Å². The number of thiocarbonyl (C=S) groups is 1. The number of nitrogens with two attached hydrogens (primary N) is 1. The molecule has 1 aliphatic rings. The van der Waals surface area contributed by atoms with Gasteiger partial charge < -0.3 is 11.1 Å². The third-order valence-electron chi connectivity index (χ3n) is 3.96. The highest BCUT2D eigenvalue weighted by Gasteiger charge is 2.46. The molecule has 0 bridgehead atoms. The van der Waals surface area contributed by atoms with E-state index < -0.39 is 5.41 Å². The Morgan fingerprint density at radius 3 is 2.75 bits per heavy atom. The number of anilines is 1. The Labute approximate surface area is 122 Å². The third kappa shape index (κ3) is 2.04. The van der Waals surface area contributed by atoms with Crippen LogP contribution < -0.4 is 11.1 Å². The smallest absolute Gasteiger partial charge is 0.237 e. The summed E-state index contributed by atoms with van der Waals surface area (Å²) in [5.74, 6) is -0.117. The second kappa shape index (κ2) is 4.83. The van der Waals surface area contributed by atoms with Crippen LogP contribution in [0, 0.1) is 5.41 Å². The van der Waals surface area contributed by atoms with Crippen molar-refractivity contribution in [1.29, 1.82) is 0 Å². The number of para-hydroxylation sites is 1.